The number of hydrogen-bond donors (Lipinski definition) is 0. The van der Waals surface area contributed by atoms with E-state index in [0.717, 1.165) is 37.1 Å². The molecule has 1 fully saturated rings. The summed E-state index contributed by atoms with van der Waals surface area (Å²) in [7, 11) is 0. The Bertz CT molecular complexity index is 1020. The smallest absolute Gasteiger partial charge is 0.163 e. The van der Waals surface area contributed by atoms with Crippen LogP contribution in [-0.2, 0) is 5.54 Å². The maximum Gasteiger partial charge on any atom is 0.163 e. The maximum absolute atomic E-state index is 13.4. The molecule has 0 saturated carbocycles. The van der Waals surface area contributed by atoms with Crippen molar-refractivity contribution in [2.75, 3.05) is 13.1 Å². The predicted octanol–water partition coefficient (Wildman–Crippen LogP) is 5.95. The molecule has 2 unspecified atom stereocenters. The van der Waals surface area contributed by atoms with E-state index in [0.29, 0.717) is 5.56 Å². The van der Waals surface area contributed by atoms with Crippen molar-refractivity contribution in [2.45, 2.75) is 37.1 Å². The zero-order valence-electron chi connectivity index (χ0n) is 17.8. The third-order valence-electron chi connectivity index (χ3n) is 6.43. The van der Waals surface area contributed by atoms with Crippen LogP contribution in [0, 0.1) is 11.3 Å². The first-order chi connectivity index (χ1) is 15.3. The van der Waals surface area contributed by atoms with E-state index < -0.39 is 5.54 Å². The zero-order valence-corrected chi connectivity index (χ0v) is 17.8. The number of benzene rings is 3. The Kier molecular flexibility index (Phi) is 6.60. The van der Waals surface area contributed by atoms with E-state index >= 15 is 0 Å². The van der Waals surface area contributed by atoms with Crippen molar-refractivity contribution >= 4 is 5.78 Å². The number of Topliss-reactive ketones (excluding diaryl/α,β-unsaturated/α-hetero) is 1. The van der Waals surface area contributed by atoms with Crippen LogP contribution in [0.1, 0.15) is 53.1 Å². The molecule has 31 heavy (non-hydrogen) atoms. The fraction of sp³-hybridized carbons (Fsp3) is 0.286. The highest BCUT2D eigenvalue weighted by Crippen LogP contribution is 2.45. The van der Waals surface area contributed by atoms with Gasteiger partial charge in [0.2, 0.25) is 0 Å². The summed E-state index contributed by atoms with van der Waals surface area (Å²) in [5.74, 6) is -0.200. The van der Waals surface area contributed by atoms with Crippen molar-refractivity contribution in [1.82, 2.24) is 4.90 Å². The van der Waals surface area contributed by atoms with Gasteiger partial charge in [-0.2, -0.15) is 5.26 Å². The van der Waals surface area contributed by atoms with Gasteiger partial charge in [-0.05, 0) is 37.1 Å². The first kappa shape index (κ1) is 21.0. The average molecular weight is 409 g/mol. The Hall–Kier alpha value is -3.22. The number of carbonyl (C=O) groups excluding carboxylic acids is 1. The first-order valence-corrected chi connectivity index (χ1v) is 11.1. The van der Waals surface area contributed by atoms with Gasteiger partial charge in [-0.15, -0.1) is 0 Å². The van der Waals surface area contributed by atoms with E-state index in [4.69, 9.17) is 0 Å². The van der Waals surface area contributed by atoms with Crippen molar-refractivity contribution in [3.05, 3.63) is 108 Å². The highest BCUT2D eigenvalue weighted by atomic mass is 16.1. The molecular weight excluding hydrogens is 380 g/mol. The normalized spacial score (nSPS) is 17.3. The number of piperidine rings is 1. The standard InChI is InChI=1S/C28H28N2O/c29-22-28(25-17-9-3-10-18-25,30-19-11-4-12-20-30)26(23-13-5-1-6-14-23)21-27(31)24-15-7-2-8-16-24/h1-3,5-10,13-18,26H,4,11-12,19-21H2. The lowest BCUT2D eigenvalue weighted by molar-refractivity contribution is 0.0727. The van der Waals surface area contributed by atoms with Crippen LogP contribution in [0.4, 0.5) is 0 Å². The maximum atomic E-state index is 13.4. The van der Waals surface area contributed by atoms with Crippen molar-refractivity contribution in [3.63, 3.8) is 0 Å². The average Bonchev–Trinajstić information content (AvgIpc) is 2.86. The summed E-state index contributed by atoms with van der Waals surface area (Å²) < 4.78 is 0. The summed E-state index contributed by atoms with van der Waals surface area (Å²) in [4.78, 5) is 15.7. The molecule has 156 valence electrons. The van der Waals surface area contributed by atoms with Crippen LogP contribution in [0.25, 0.3) is 0 Å². The topological polar surface area (TPSA) is 44.1 Å². The van der Waals surface area contributed by atoms with E-state index in [9.17, 15) is 10.1 Å². The van der Waals surface area contributed by atoms with Gasteiger partial charge >= 0.3 is 0 Å². The largest absolute Gasteiger partial charge is 0.294 e. The van der Waals surface area contributed by atoms with E-state index in [2.05, 4.69) is 23.1 Å². The van der Waals surface area contributed by atoms with Gasteiger partial charge in [-0.3, -0.25) is 9.69 Å². The highest BCUT2D eigenvalue weighted by Gasteiger charge is 2.47. The number of hydrogen-bond acceptors (Lipinski definition) is 3. The minimum absolute atomic E-state index is 0.0713. The Morgan fingerprint density at radius 3 is 1.97 bits per heavy atom. The lowest BCUT2D eigenvalue weighted by atomic mass is 9.70. The van der Waals surface area contributed by atoms with Gasteiger partial charge in [0.25, 0.3) is 0 Å². The van der Waals surface area contributed by atoms with E-state index in [1.165, 1.54) is 6.42 Å². The van der Waals surface area contributed by atoms with Gasteiger partial charge in [-0.25, -0.2) is 0 Å². The second-order valence-electron chi connectivity index (χ2n) is 8.25. The summed E-state index contributed by atoms with van der Waals surface area (Å²) >= 11 is 0. The van der Waals surface area contributed by atoms with E-state index in [1.54, 1.807) is 0 Å². The molecule has 0 spiro atoms. The van der Waals surface area contributed by atoms with Gasteiger partial charge in [0.15, 0.2) is 5.78 Å². The van der Waals surface area contributed by atoms with Crippen molar-refractivity contribution < 1.29 is 4.79 Å². The summed E-state index contributed by atoms with van der Waals surface area (Å²) in [6, 6.07) is 32.3. The Morgan fingerprint density at radius 1 is 0.839 bits per heavy atom. The molecule has 1 saturated heterocycles. The fourth-order valence-corrected chi connectivity index (χ4v) is 4.88. The molecule has 2 atom stereocenters. The predicted molar refractivity (Wildman–Crippen MR) is 124 cm³/mol. The number of nitriles is 1. The molecule has 1 aliphatic rings. The molecule has 1 heterocycles. The lowest BCUT2D eigenvalue weighted by Gasteiger charge is -2.46. The molecule has 3 aromatic carbocycles. The molecule has 3 heteroatoms. The van der Waals surface area contributed by atoms with Crippen LogP contribution in [-0.4, -0.2) is 23.8 Å². The molecule has 3 nitrogen and oxygen atoms in total. The fourth-order valence-electron chi connectivity index (χ4n) is 4.88. The molecule has 3 aromatic rings. The number of rotatable bonds is 7. The van der Waals surface area contributed by atoms with Crippen LogP contribution >= 0.6 is 0 Å². The monoisotopic (exact) mass is 408 g/mol. The third kappa shape index (κ3) is 4.31. The molecule has 4 rings (SSSR count). The number of nitrogens with zero attached hydrogens (tertiary/aromatic N) is 2. The molecule has 0 bridgehead atoms. The van der Waals surface area contributed by atoms with Gasteiger partial charge in [-0.1, -0.05) is 97.4 Å². The number of likely N-dealkylation sites (tertiary alicyclic amines) is 1. The van der Waals surface area contributed by atoms with Crippen LogP contribution in [0.5, 0.6) is 0 Å². The summed E-state index contributed by atoms with van der Waals surface area (Å²) in [6.45, 7) is 1.73. The van der Waals surface area contributed by atoms with Gasteiger partial charge < -0.3 is 0 Å². The van der Waals surface area contributed by atoms with Crippen LogP contribution in [0.2, 0.25) is 0 Å². The SMILES string of the molecule is N#CC(c1ccccc1)(C(CC(=O)c1ccccc1)c1ccccc1)N1CCCCC1. The molecule has 0 aromatic heterocycles. The van der Waals surface area contributed by atoms with Crippen molar-refractivity contribution in [2.24, 2.45) is 0 Å². The van der Waals surface area contributed by atoms with E-state index in [1.807, 2.05) is 78.9 Å². The molecule has 0 amide bonds. The van der Waals surface area contributed by atoms with Gasteiger partial charge in [0.05, 0.1) is 6.07 Å². The molecule has 0 N–H and O–H groups in total. The Morgan fingerprint density at radius 2 is 1.39 bits per heavy atom. The minimum atomic E-state index is -0.895. The van der Waals surface area contributed by atoms with Crippen LogP contribution in [0.15, 0.2) is 91.0 Å². The first-order valence-electron chi connectivity index (χ1n) is 11.1. The van der Waals surface area contributed by atoms with Crippen LogP contribution < -0.4 is 0 Å². The Balaban J connectivity index is 1.85. The molecule has 0 aliphatic carbocycles. The highest BCUT2D eigenvalue weighted by molar-refractivity contribution is 5.96. The second kappa shape index (κ2) is 9.73. The summed E-state index contributed by atoms with van der Waals surface area (Å²) in [5, 5.41) is 10.8. The van der Waals surface area contributed by atoms with Crippen molar-refractivity contribution in [1.29, 1.82) is 5.26 Å². The molecule has 0 radical (unpaired) electrons. The third-order valence-corrected chi connectivity index (χ3v) is 6.43. The minimum Gasteiger partial charge on any atom is -0.294 e. The number of carbonyl (C=O) groups is 1. The second-order valence-corrected chi connectivity index (χ2v) is 8.25. The lowest BCUT2D eigenvalue weighted by Crippen LogP contribution is -2.52. The number of ketones is 1. The van der Waals surface area contributed by atoms with Gasteiger partial charge in [0.1, 0.15) is 5.54 Å². The molecular formula is C28H28N2O. The van der Waals surface area contributed by atoms with E-state index in [-0.39, 0.29) is 18.1 Å². The van der Waals surface area contributed by atoms with Crippen LogP contribution in [0.3, 0.4) is 0 Å². The molecule has 1 aliphatic heterocycles. The Labute approximate surface area is 185 Å². The van der Waals surface area contributed by atoms with Gasteiger partial charge in [0, 0.05) is 17.9 Å². The zero-order chi connectivity index (χ0) is 21.5. The van der Waals surface area contributed by atoms with Crippen molar-refractivity contribution in [3.8, 4) is 6.07 Å². The summed E-state index contributed by atoms with van der Waals surface area (Å²) in [5.41, 5.74) is 1.80. The quantitative estimate of drug-likeness (QED) is 0.454. The summed E-state index contributed by atoms with van der Waals surface area (Å²) in [6.07, 6.45) is 3.62.